The van der Waals surface area contributed by atoms with Crippen LogP contribution in [0, 0.1) is 0 Å². The second kappa shape index (κ2) is 3.44. The Morgan fingerprint density at radius 1 is 1.79 bits per heavy atom. The van der Waals surface area contributed by atoms with Gasteiger partial charge in [-0.15, -0.1) is 0 Å². The van der Waals surface area contributed by atoms with Crippen molar-refractivity contribution in [2.24, 2.45) is 0 Å². The van der Waals surface area contributed by atoms with E-state index in [2.05, 4.69) is 9.55 Å². The number of rotatable bonds is 4. The lowest BCUT2D eigenvalue weighted by atomic mass is 10.0. The van der Waals surface area contributed by atoms with Crippen LogP contribution in [0.5, 0.6) is 0 Å². The Bertz CT molecular complexity index is 342. The molecule has 1 atom stereocenters. The van der Waals surface area contributed by atoms with Gasteiger partial charge in [0.2, 0.25) is 0 Å². The third-order valence-corrected chi connectivity index (χ3v) is 2.62. The summed E-state index contributed by atoms with van der Waals surface area (Å²) in [5.41, 5.74) is 1.05. The van der Waals surface area contributed by atoms with E-state index in [1.807, 2.05) is 13.3 Å². The lowest BCUT2D eigenvalue weighted by molar-refractivity contribution is -0.137. The van der Waals surface area contributed by atoms with Crippen LogP contribution in [0.25, 0.3) is 0 Å². The Balaban J connectivity index is 2.13. The summed E-state index contributed by atoms with van der Waals surface area (Å²) < 4.78 is 2.12. The van der Waals surface area contributed by atoms with Crippen molar-refractivity contribution in [1.82, 2.24) is 9.55 Å². The summed E-state index contributed by atoms with van der Waals surface area (Å²) in [5, 5.41) is 8.70. The van der Waals surface area contributed by atoms with Crippen LogP contribution in [-0.4, -0.2) is 20.6 Å². The molecule has 1 saturated carbocycles. The molecule has 76 valence electrons. The molecular formula is C10H14N2O2. The van der Waals surface area contributed by atoms with Crippen LogP contribution >= 0.6 is 0 Å². The largest absolute Gasteiger partial charge is 0.481 e. The zero-order valence-corrected chi connectivity index (χ0v) is 8.18. The maximum Gasteiger partial charge on any atom is 0.304 e. The number of hydrogen-bond acceptors (Lipinski definition) is 2. The van der Waals surface area contributed by atoms with Gasteiger partial charge in [-0.2, -0.15) is 0 Å². The monoisotopic (exact) mass is 194 g/mol. The number of aliphatic carboxylic acids is 1. The van der Waals surface area contributed by atoms with Crippen molar-refractivity contribution in [3.8, 4) is 0 Å². The van der Waals surface area contributed by atoms with Gasteiger partial charge in [0.15, 0.2) is 0 Å². The summed E-state index contributed by atoms with van der Waals surface area (Å²) in [5.74, 6) is -0.698. The van der Waals surface area contributed by atoms with E-state index in [1.165, 1.54) is 12.8 Å². The maximum absolute atomic E-state index is 10.6. The van der Waals surface area contributed by atoms with E-state index in [4.69, 9.17) is 5.11 Å². The van der Waals surface area contributed by atoms with Crippen molar-refractivity contribution < 1.29 is 9.90 Å². The first-order valence-electron chi connectivity index (χ1n) is 4.92. The van der Waals surface area contributed by atoms with Crippen molar-refractivity contribution in [2.45, 2.75) is 38.1 Å². The van der Waals surface area contributed by atoms with Gasteiger partial charge in [0.1, 0.15) is 0 Å². The molecule has 4 heteroatoms. The first-order valence-corrected chi connectivity index (χ1v) is 4.92. The number of aromatic nitrogens is 2. The van der Waals surface area contributed by atoms with E-state index >= 15 is 0 Å². The number of carboxylic acids is 1. The van der Waals surface area contributed by atoms with Gasteiger partial charge in [-0.25, -0.2) is 4.98 Å². The molecular weight excluding hydrogens is 180 g/mol. The molecule has 1 heterocycles. The minimum atomic E-state index is -0.749. The van der Waals surface area contributed by atoms with Gasteiger partial charge in [-0.05, 0) is 12.8 Å². The molecule has 1 aromatic heterocycles. The lowest BCUT2D eigenvalue weighted by Gasteiger charge is -2.11. The van der Waals surface area contributed by atoms with E-state index in [-0.39, 0.29) is 12.3 Å². The third kappa shape index (κ3) is 1.78. The smallest absolute Gasteiger partial charge is 0.304 e. The van der Waals surface area contributed by atoms with E-state index in [0.29, 0.717) is 6.04 Å². The quantitative estimate of drug-likeness (QED) is 0.795. The summed E-state index contributed by atoms with van der Waals surface area (Å²) in [4.78, 5) is 14.7. The fourth-order valence-electron chi connectivity index (χ4n) is 1.72. The summed E-state index contributed by atoms with van der Waals surface area (Å²) >= 11 is 0. The molecule has 1 N–H and O–H groups in total. The third-order valence-electron chi connectivity index (χ3n) is 2.62. The van der Waals surface area contributed by atoms with Gasteiger partial charge in [0.05, 0.1) is 12.7 Å². The molecule has 1 fully saturated rings. The van der Waals surface area contributed by atoms with Crippen LogP contribution in [0.3, 0.4) is 0 Å². The average molecular weight is 194 g/mol. The van der Waals surface area contributed by atoms with Gasteiger partial charge in [-0.3, -0.25) is 4.79 Å². The Labute approximate surface area is 82.6 Å². The molecule has 0 aromatic carbocycles. The summed E-state index contributed by atoms with van der Waals surface area (Å²) in [6.07, 6.45) is 6.17. The molecule has 2 rings (SSSR count). The van der Waals surface area contributed by atoms with E-state index in [9.17, 15) is 4.79 Å². The van der Waals surface area contributed by atoms with Crippen LogP contribution in [-0.2, 0) is 4.79 Å². The molecule has 1 aliphatic rings. The topological polar surface area (TPSA) is 55.1 Å². The first kappa shape index (κ1) is 9.24. The number of carbonyl (C=O) groups is 1. The predicted octanol–water partition coefficient (Wildman–Crippen LogP) is 1.80. The molecule has 0 aliphatic heterocycles. The molecule has 1 aliphatic carbocycles. The van der Waals surface area contributed by atoms with E-state index in [1.54, 1.807) is 6.20 Å². The zero-order valence-electron chi connectivity index (χ0n) is 8.18. The molecule has 0 spiro atoms. The number of hydrogen-bond donors (Lipinski definition) is 1. The number of carboxylic acid groups (broad SMARTS) is 1. The molecule has 1 aromatic rings. The van der Waals surface area contributed by atoms with Crippen LogP contribution in [0.15, 0.2) is 12.5 Å². The van der Waals surface area contributed by atoms with Crippen molar-refractivity contribution in [2.75, 3.05) is 0 Å². The molecule has 0 amide bonds. The molecule has 0 bridgehead atoms. The van der Waals surface area contributed by atoms with Crippen LogP contribution in [0.1, 0.15) is 43.8 Å². The van der Waals surface area contributed by atoms with E-state index < -0.39 is 5.97 Å². The fourth-order valence-corrected chi connectivity index (χ4v) is 1.72. The molecule has 0 radical (unpaired) electrons. The zero-order chi connectivity index (χ0) is 10.1. The first-order chi connectivity index (χ1) is 6.68. The highest BCUT2D eigenvalue weighted by molar-refractivity contribution is 5.67. The van der Waals surface area contributed by atoms with Crippen molar-refractivity contribution >= 4 is 5.97 Å². The normalized spacial score (nSPS) is 18.1. The Kier molecular flexibility index (Phi) is 2.27. The van der Waals surface area contributed by atoms with Gasteiger partial charge in [0, 0.05) is 23.9 Å². The second-order valence-corrected chi connectivity index (χ2v) is 3.96. The van der Waals surface area contributed by atoms with Gasteiger partial charge >= 0.3 is 5.97 Å². The Morgan fingerprint density at radius 2 is 2.50 bits per heavy atom. The lowest BCUT2D eigenvalue weighted by Crippen LogP contribution is -2.07. The Hall–Kier alpha value is -1.32. The summed E-state index contributed by atoms with van der Waals surface area (Å²) in [7, 11) is 0. The Morgan fingerprint density at radius 3 is 3.07 bits per heavy atom. The summed E-state index contributed by atoms with van der Waals surface area (Å²) in [6, 6.07) is 0.573. The van der Waals surface area contributed by atoms with Gasteiger partial charge in [-0.1, -0.05) is 6.92 Å². The molecule has 0 saturated heterocycles. The van der Waals surface area contributed by atoms with E-state index in [0.717, 1.165) is 5.69 Å². The van der Waals surface area contributed by atoms with Crippen molar-refractivity contribution in [3.05, 3.63) is 18.2 Å². The standard InChI is InChI=1S/C10H14N2O2/c1-7(4-10(13)14)9-5-11-6-12(9)8-2-3-8/h5-8H,2-4H2,1H3,(H,13,14). The van der Waals surface area contributed by atoms with Gasteiger partial charge < -0.3 is 9.67 Å². The van der Waals surface area contributed by atoms with Crippen LogP contribution < -0.4 is 0 Å². The minimum absolute atomic E-state index is 0.0515. The fraction of sp³-hybridized carbons (Fsp3) is 0.600. The highest BCUT2D eigenvalue weighted by atomic mass is 16.4. The highest BCUT2D eigenvalue weighted by Gasteiger charge is 2.27. The highest BCUT2D eigenvalue weighted by Crippen LogP contribution is 2.37. The molecule has 1 unspecified atom stereocenters. The van der Waals surface area contributed by atoms with Crippen LogP contribution in [0.2, 0.25) is 0 Å². The maximum atomic E-state index is 10.6. The number of nitrogens with zero attached hydrogens (tertiary/aromatic N) is 2. The SMILES string of the molecule is CC(CC(=O)O)c1cncn1C1CC1. The predicted molar refractivity (Wildman–Crippen MR) is 51.2 cm³/mol. The van der Waals surface area contributed by atoms with Crippen LogP contribution in [0.4, 0.5) is 0 Å². The minimum Gasteiger partial charge on any atom is -0.481 e. The second-order valence-electron chi connectivity index (χ2n) is 3.96. The van der Waals surface area contributed by atoms with Crippen molar-refractivity contribution in [1.29, 1.82) is 0 Å². The summed E-state index contributed by atoms with van der Waals surface area (Å²) in [6.45, 7) is 1.93. The molecule has 4 nitrogen and oxygen atoms in total. The molecule has 14 heavy (non-hydrogen) atoms. The number of imidazole rings is 1. The average Bonchev–Trinajstić information content (AvgIpc) is 2.82. The van der Waals surface area contributed by atoms with Gasteiger partial charge in [0.25, 0.3) is 0 Å². The van der Waals surface area contributed by atoms with Crippen molar-refractivity contribution in [3.63, 3.8) is 0 Å².